The van der Waals surface area contributed by atoms with Gasteiger partial charge in [0.1, 0.15) is 0 Å². The van der Waals surface area contributed by atoms with Crippen LogP contribution in [0.5, 0.6) is 0 Å². The number of rotatable bonds is 9. The van der Waals surface area contributed by atoms with Crippen LogP contribution in [0.4, 0.5) is 0 Å². The first-order chi connectivity index (χ1) is 9.56. The van der Waals surface area contributed by atoms with Gasteiger partial charge in [0.2, 0.25) is 0 Å². The highest BCUT2D eigenvalue weighted by Gasteiger charge is 2.19. The van der Waals surface area contributed by atoms with Gasteiger partial charge in [-0.3, -0.25) is 0 Å². The molecule has 1 atom stereocenters. The lowest BCUT2D eigenvalue weighted by Crippen LogP contribution is -2.32. The predicted molar refractivity (Wildman–Crippen MR) is 89.9 cm³/mol. The summed E-state index contributed by atoms with van der Waals surface area (Å²) in [6.45, 7) is 12.8. The quantitative estimate of drug-likeness (QED) is 0.633. The van der Waals surface area contributed by atoms with Crippen molar-refractivity contribution in [3.8, 4) is 0 Å². The Morgan fingerprint density at radius 1 is 0.950 bits per heavy atom. The van der Waals surface area contributed by atoms with E-state index >= 15 is 0 Å². The van der Waals surface area contributed by atoms with Gasteiger partial charge >= 0.3 is 0 Å². The van der Waals surface area contributed by atoms with Crippen molar-refractivity contribution in [1.82, 2.24) is 5.32 Å². The summed E-state index contributed by atoms with van der Waals surface area (Å²) in [4.78, 5) is 0. The Morgan fingerprint density at radius 2 is 1.55 bits per heavy atom. The van der Waals surface area contributed by atoms with Crippen LogP contribution in [0, 0.1) is 17.8 Å². The topological polar surface area (TPSA) is 12.0 Å². The van der Waals surface area contributed by atoms with Gasteiger partial charge in [0.25, 0.3) is 0 Å². The molecule has 0 aromatic heterocycles. The van der Waals surface area contributed by atoms with Crippen molar-refractivity contribution >= 4 is 0 Å². The highest BCUT2D eigenvalue weighted by Crippen LogP contribution is 2.23. The van der Waals surface area contributed by atoms with Crippen LogP contribution in [0.25, 0.3) is 0 Å². The second-order valence-electron chi connectivity index (χ2n) is 6.67. The van der Waals surface area contributed by atoms with Crippen LogP contribution in [0.2, 0.25) is 0 Å². The number of unbranched alkanes of at least 4 members (excludes halogenated alkanes) is 1. The Bertz CT molecular complexity index is 334. The molecule has 0 bridgehead atoms. The van der Waals surface area contributed by atoms with Crippen LogP contribution >= 0.6 is 0 Å². The first-order valence-electron chi connectivity index (χ1n) is 8.34. The van der Waals surface area contributed by atoms with Gasteiger partial charge in [-0.2, -0.15) is 0 Å². The number of benzene rings is 1. The van der Waals surface area contributed by atoms with Crippen LogP contribution < -0.4 is 5.32 Å². The number of nitrogens with one attached hydrogen (secondary N) is 1. The Labute approximate surface area is 126 Å². The summed E-state index contributed by atoms with van der Waals surface area (Å²) in [5.74, 6) is 2.23. The van der Waals surface area contributed by atoms with Gasteiger partial charge in [-0.25, -0.2) is 0 Å². The Kier molecular flexibility index (Phi) is 7.91. The van der Waals surface area contributed by atoms with E-state index < -0.39 is 0 Å². The summed E-state index contributed by atoms with van der Waals surface area (Å²) in [5, 5.41) is 3.83. The van der Waals surface area contributed by atoms with Crippen molar-refractivity contribution in [2.75, 3.05) is 6.54 Å². The third-order valence-electron chi connectivity index (χ3n) is 4.36. The molecule has 0 aliphatic carbocycles. The molecule has 0 aliphatic heterocycles. The summed E-state index contributed by atoms with van der Waals surface area (Å²) in [6.07, 6.45) is 3.80. The van der Waals surface area contributed by atoms with Gasteiger partial charge in [0.05, 0.1) is 0 Å². The van der Waals surface area contributed by atoms with Crippen LogP contribution in [0.15, 0.2) is 30.3 Å². The molecule has 0 fully saturated rings. The fourth-order valence-electron chi connectivity index (χ4n) is 3.00. The smallest absolute Gasteiger partial charge is 0.0320 e. The fourth-order valence-corrected chi connectivity index (χ4v) is 3.00. The molecular formula is C19H33N. The third kappa shape index (κ3) is 5.66. The molecule has 1 aromatic carbocycles. The predicted octanol–water partition coefficient (Wildman–Crippen LogP) is 5.44. The van der Waals surface area contributed by atoms with Crippen molar-refractivity contribution in [1.29, 1.82) is 0 Å². The molecule has 0 aliphatic rings. The first kappa shape index (κ1) is 17.2. The van der Waals surface area contributed by atoms with Crippen molar-refractivity contribution in [2.45, 2.75) is 59.9 Å². The second kappa shape index (κ2) is 9.18. The van der Waals surface area contributed by atoms with Crippen molar-refractivity contribution in [2.24, 2.45) is 17.8 Å². The molecular weight excluding hydrogens is 242 g/mol. The second-order valence-corrected chi connectivity index (χ2v) is 6.67. The minimum atomic E-state index is 0.510. The molecule has 1 nitrogen and oxygen atoms in total. The maximum Gasteiger partial charge on any atom is 0.0320 e. The fraction of sp³-hybridized carbons (Fsp3) is 0.684. The normalized spacial score (nSPS) is 13.4. The lowest BCUT2D eigenvalue weighted by molar-refractivity contribution is 0.262. The SMILES string of the molecule is CCCCC(NCC(C(C)C)C(C)C)c1ccccc1. The van der Waals surface area contributed by atoms with E-state index in [4.69, 9.17) is 0 Å². The van der Waals surface area contributed by atoms with E-state index in [1.165, 1.54) is 24.8 Å². The summed E-state index contributed by atoms with van der Waals surface area (Å²) >= 11 is 0. The standard InChI is InChI=1S/C19H33N/c1-6-7-13-19(17-11-9-8-10-12-17)20-14-18(15(2)3)16(4)5/h8-12,15-16,18-20H,6-7,13-14H2,1-5H3. The van der Waals surface area contributed by atoms with Crippen molar-refractivity contribution < 1.29 is 0 Å². The zero-order chi connectivity index (χ0) is 15.0. The largest absolute Gasteiger partial charge is 0.310 e. The van der Waals surface area contributed by atoms with Crippen LogP contribution in [0.3, 0.4) is 0 Å². The highest BCUT2D eigenvalue weighted by molar-refractivity contribution is 5.18. The van der Waals surface area contributed by atoms with Gasteiger partial charge in [-0.15, -0.1) is 0 Å². The van der Waals surface area contributed by atoms with Gasteiger partial charge in [-0.1, -0.05) is 77.8 Å². The van der Waals surface area contributed by atoms with E-state index in [-0.39, 0.29) is 0 Å². The molecule has 0 heterocycles. The zero-order valence-electron chi connectivity index (χ0n) is 14.0. The monoisotopic (exact) mass is 275 g/mol. The molecule has 0 amide bonds. The summed E-state index contributed by atoms with van der Waals surface area (Å²) in [6, 6.07) is 11.4. The highest BCUT2D eigenvalue weighted by atomic mass is 14.9. The van der Waals surface area contributed by atoms with Gasteiger partial charge < -0.3 is 5.32 Å². The molecule has 1 aromatic rings. The van der Waals surface area contributed by atoms with Crippen LogP contribution in [-0.4, -0.2) is 6.54 Å². The van der Waals surface area contributed by atoms with E-state index in [2.05, 4.69) is 70.3 Å². The minimum absolute atomic E-state index is 0.510. The third-order valence-corrected chi connectivity index (χ3v) is 4.36. The number of hydrogen-bond acceptors (Lipinski definition) is 1. The van der Waals surface area contributed by atoms with E-state index in [9.17, 15) is 0 Å². The van der Waals surface area contributed by atoms with E-state index in [1.807, 2.05) is 0 Å². The lowest BCUT2D eigenvalue weighted by atomic mass is 9.85. The van der Waals surface area contributed by atoms with Gasteiger partial charge in [0.15, 0.2) is 0 Å². The molecule has 1 heteroatoms. The lowest BCUT2D eigenvalue weighted by Gasteiger charge is -2.28. The molecule has 1 rings (SSSR count). The Morgan fingerprint density at radius 3 is 2.05 bits per heavy atom. The zero-order valence-corrected chi connectivity index (χ0v) is 14.0. The molecule has 1 N–H and O–H groups in total. The van der Waals surface area contributed by atoms with Crippen molar-refractivity contribution in [3.63, 3.8) is 0 Å². The van der Waals surface area contributed by atoms with Crippen LogP contribution in [-0.2, 0) is 0 Å². The average Bonchev–Trinajstić information content (AvgIpc) is 2.42. The summed E-state index contributed by atoms with van der Waals surface area (Å²) < 4.78 is 0. The first-order valence-corrected chi connectivity index (χ1v) is 8.34. The molecule has 0 spiro atoms. The molecule has 0 saturated heterocycles. The molecule has 0 radical (unpaired) electrons. The van der Waals surface area contributed by atoms with Gasteiger partial charge in [0, 0.05) is 6.04 Å². The molecule has 0 saturated carbocycles. The minimum Gasteiger partial charge on any atom is -0.310 e. The average molecular weight is 275 g/mol. The molecule has 114 valence electrons. The Hall–Kier alpha value is -0.820. The van der Waals surface area contributed by atoms with E-state index in [1.54, 1.807) is 0 Å². The molecule has 20 heavy (non-hydrogen) atoms. The molecule has 1 unspecified atom stereocenters. The van der Waals surface area contributed by atoms with Crippen molar-refractivity contribution in [3.05, 3.63) is 35.9 Å². The summed E-state index contributed by atoms with van der Waals surface area (Å²) in [5.41, 5.74) is 1.44. The van der Waals surface area contributed by atoms with E-state index in [0.717, 1.165) is 24.3 Å². The summed E-state index contributed by atoms with van der Waals surface area (Å²) in [7, 11) is 0. The van der Waals surface area contributed by atoms with Gasteiger partial charge in [-0.05, 0) is 36.3 Å². The maximum atomic E-state index is 3.83. The Balaban J connectivity index is 2.65. The van der Waals surface area contributed by atoms with Crippen LogP contribution in [0.1, 0.15) is 65.5 Å². The number of hydrogen-bond donors (Lipinski definition) is 1. The maximum absolute atomic E-state index is 3.83. The van der Waals surface area contributed by atoms with E-state index in [0.29, 0.717) is 6.04 Å².